The molecule has 0 saturated carbocycles. The van der Waals surface area contributed by atoms with Crippen molar-refractivity contribution >= 4 is 23.0 Å². The molecule has 0 saturated heterocycles. The van der Waals surface area contributed by atoms with Gasteiger partial charge < -0.3 is 4.74 Å². The van der Waals surface area contributed by atoms with Gasteiger partial charge in [-0.25, -0.2) is 0 Å². The lowest BCUT2D eigenvalue weighted by Gasteiger charge is -2.06. The van der Waals surface area contributed by atoms with Gasteiger partial charge in [-0.2, -0.15) is 4.21 Å². The summed E-state index contributed by atoms with van der Waals surface area (Å²) in [4.78, 5) is 0. The molecule has 0 aromatic heterocycles. The minimum absolute atomic E-state index is 0.228. The normalized spacial score (nSPS) is 13.0. The minimum atomic E-state index is -1.70. The highest BCUT2D eigenvalue weighted by molar-refractivity contribution is 7.75. The summed E-state index contributed by atoms with van der Waals surface area (Å²) in [6.45, 7) is 6.23. The lowest BCUT2D eigenvalue weighted by molar-refractivity contribution is 0.0961. The second-order valence-corrected chi connectivity index (χ2v) is 6.36. The van der Waals surface area contributed by atoms with E-state index in [1.54, 1.807) is 0 Å². The zero-order valence-corrected chi connectivity index (χ0v) is 14.3. The van der Waals surface area contributed by atoms with Gasteiger partial charge in [-0.15, -0.1) is 11.6 Å². The number of alkyl halides is 1. The predicted octanol–water partition coefficient (Wildman–Crippen LogP) is 3.85. The van der Waals surface area contributed by atoms with Crippen LogP contribution in [-0.2, 0) is 24.5 Å². The third kappa shape index (κ3) is 16.4. The van der Waals surface area contributed by atoms with E-state index in [-0.39, 0.29) is 13.2 Å². The molecule has 1 atom stereocenters. The second kappa shape index (κ2) is 15.7. The van der Waals surface area contributed by atoms with Crippen molar-refractivity contribution in [1.29, 1.82) is 0 Å². The molecule has 0 N–H and O–H groups in total. The van der Waals surface area contributed by atoms with Crippen LogP contribution in [0.5, 0.6) is 0 Å². The van der Waals surface area contributed by atoms with E-state index >= 15 is 0 Å². The summed E-state index contributed by atoms with van der Waals surface area (Å²) < 4.78 is 26.1. The van der Waals surface area contributed by atoms with Crippen LogP contribution in [0.2, 0.25) is 0 Å². The van der Waals surface area contributed by atoms with Gasteiger partial charge in [-0.3, -0.25) is 8.37 Å². The maximum Gasteiger partial charge on any atom is 0.304 e. The van der Waals surface area contributed by atoms with Gasteiger partial charge in [-0.1, -0.05) is 46.0 Å². The molecule has 0 fully saturated rings. The zero-order chi connectivity index (χ0) is 15.1. The van der Waals surface area contributed by atoms with E-state index in [0.29, 0.717) is 12.5 Å². The van der Waals surface area contributed by atoms with Crippen molar-refractivity contribution < 1.29 is 17.3 Å². The average molecular weight is 329 g/mol. The lowest BCUT2D eigenvalue weighted by Crippen LogP contribution is -2.10. The largest absolute Gasteiger partial charge is 0.379 e. The Kier molecular flexibility index (Phi) is 16.0. The van der Waals surface area contributed by atoms with E-state index in [2.05, 4.69) is 13.8 Å². The fraction of sp³-hybridized carbons (Fsp3) is 1.00. The Morgan fingerprint density at radius 2 is 1.55 bits per heavy atom. The van der Waals surface area contributed by atoms with Crippen LogP contribution in [0.25, 0.3) is 0 Å². The first-order chi connectivity index (χ1) is 9.66. The molecule has 0 heterocycles. The summed E-state index contributed by atoms with van der Waals surface area (Å²) in [6, 6.07) is 0. The highest BCUT2D eigenvalue weighted by atomic mass is 35.5. The highest BCUT2D eigenvalue weighted by Crippen LogP contribution is 2.10. The molecule has 1 unspecified atom stereocenters. The maximum atomic E-state index is 11.0. The molecule has 0 aliphatic heterocycles. The minimum Gasteiger partial charge on any atom is -0.379 e. The van der Waals surface area contributed by atoms with Crippen molar-refractivity contribution in [2.75, 3.05) is 32.3 Å². The van der Waals surface area contributed by atoms with E-state index < -0.39 is 11.4 Å². The van der Waals surface area contributed by atoms with E-state index in [1.165, 1.54) is 32.1 Å². The Balaban J connectivity index is 3.08. The monoisotopic (exact) mass is 328 g/mol. The highest BCUT2D eigenvalue weighted by Gasteiger charge is 2.00. The van der Waals surface area contributed by atoms with Crippen LogP contribution < -0.4 is 0 Å². The third-order valence-corrected chi connectivity index (χ3v) is 3.61. The van der Waals surface area contributed by atoms with Crippen LogP contribution in [0.15, 0.2) is 0 Å². The molecule has 6 heteroatoms. The summed E-state index contributed by atoms with van der Waals surface area (Å²) in [6.07, 6.45) is 7.55. The van der Waals surface area contributed by atoms with Gasteiger partial charge in [0.2, 0.25) is 0 Å². The second-order valence-electron chi connectivity index (χ2n) is 5.10. The number of unbranched alkanes of at least 4 members (excludes halogenated alkanes) is 4. The smallest absolute Gasteiger partial charge is 0.304 e. The summed E-state index contributed by atoms with van der Waals surface area (Å²) in [7, 11) is 0. The molecule has 0 aromatic rings. The van der Waals surface area contributed by atoms with Crippen LogP contribution in [0.3, 0.4) is 0 Å². The van der Waals surface area contributed by atoms with Gasteiger partial charge in [0, 0.05) is 12.5 Å². The Morgan fingerprint density at radius 3 is 2.25 bits per heavy atom. The van der Waals surface area contributed by atoms with Crippen LogP contribution in [0.4, 0.5) is 0 Å². The first-order valence-electron chi connectivity index (χ1n) is 7.48. The molecule has 0 aliphatic carbocycles. The molecule has 0 spiro atoms. The molecule has 20 heavy (non-hydrogen) atoms. The van der Waals surface area contributed by atoms with Gasteiger partial charge >= 0.3 is 11.4 Å². The quantitative estimate of drug-likeness (QED) is 0.338. The third-order valence-electron chi connectivity index (χ3n) is 2.73. The Labute approximate surface area is 131 Å². The average Bonchev–Trinajstić information content (AvgIpc) is 2.42. The first kappa shape index (κ1) is 20.3. The molecule has 0 rings (SSSR count). The summed E-state index contributed by atoms with van der Waals surface area (Å²) in [5.74, 6) is 1.13. The molecular formula is C14H29ClO4S. The van der Waals surface area contributed by atoms with Gasteiger partial charge in [-0.05, 0) is 12.3 Å². The topological polar surface area (TPSA) is 44.8 Å². The fourth-order valence-electron chi connectivity index (χ4n) is 1.68. The standard InChI is InChI=1S/C14H29ClO4S/c1-14(2)8-6-4-3-5-7-10-17-12-13-19-20(16)18-11-9-15/h14H,3-13H2,1-2H3. The number of rotatable bonds is 15. The first-order valence-corrected chi connectivity index (χ1v) is 9.02. The number of hydrogen-bond acceptors (Lipinski definition) is 4. The lowest BCUT2D eigenvalue weighted by atomic mass is 10.0. The van der Waals surface area contributed by atoms with E-state index in [1.807, 2.05) is 0 Å². The molecular weight excluding hydrogens is 300 g/mol. The maximum absolute atomic E-state index is 11.0. The zero-order valence-electron chi connectivity index (χ0n) is 12.8. The molecule has 0 bridgehead atoms. The van der Waals surface area contributed by atoms with Gasteiger partial charge in [0.25, 0.3) is 0 Å². The molecule has 0 radical (unpaired) electrons. The fourth-order valence-corrected chi connectivity index (χ4v) is 2.34. The van der Waals surface area contributed by atoms with Crippen LogP contribution in [0, 0.1) is 5.92 Å². The van der Waals surface area contributed by atoms with Crippen LogP contribution in [0.1, 0.15) is 52.4 Å². The molecule has 122 valence electrons. The number of ether oxygens (including phenoxy) is 1. The van der Waals surface area contributed by atoms with Crippen LogP contribution >= 0.6 is 11.6 Å². The van der Waals surface area contributed by atoms with Crippen molar-refractivity contribution in [2.45, 2.75) is 52.4 Å². The van der Waals surface area contributed by atoms with Gasteiger partial charge in [0.05, 0.1) is 19.8 Å². The van der Waals surface area contributed by atoms with Gasteiger partial charge in [0.15, 0.2) is 0 Å². The van der Waals surface area contributed by atoms with Crippen molar-refractivity contribution in [3.05, 3.63) is 0 Å². The summed E-state index contributed by atoms with van der Waals surface area (Å²) in [5.41, 5.74) is 0. The van der Waals surface area contributed by atoms with Crippen LogP contribution in [-0.4, -0.2) is 36.5 Å². The molecule has 0 amide bonds. The summed E-state index contributed by atoms with van der Waals surface area (Å²) in [5, 5.41) is 0. The molecule has 0 aromatic carbocycles. The number of halogens is 1. The van der Waals surface area contributed by atoms with Gasteiger partial charge in [0.1, 0.15) is 0 Å². The van der Waals surface area contributed by atoms with E-state index in [9.17, 15) is 4.21 Å². The van der Waals surface area contributed by atoms with Crippen molar-refractivity contribution in [3.63, 3.8) is 0 Å². The van der Waals surface area contributed by atoms with Crippen molar-refractivity contribution in [1.82, 2.24) is 0 Å². The Morgan fingerprint density at radius 1 is 0.900 bits per heavy atom. The van der Waals surface area contributed by atoms with Crippen molar-refractivity contribution in [2.24, 2.45) is 5.92 Å². The Bertz CT molecular complexity index is 227. The molecule has 4 nitrogen and oxygen atoms in total. The van der Waals surface area contributed by atoms with Crippen molar-refractivity contribution in [3.8, 4) is 0 Å². The molecule has 0 aliphatic rings. The summed E-state index contributed by atoms with van der Waals surface area (Å²) >= 11 is 3.68. The van der Waals surface area contributed by atoms with E-state index in [4.69, 9.17) is 24.7 Å². The number of hydrogen-bond donors (Lipinski definition) is 0. The SMILES string of the molecule is CC(C)CCCCCCCOCCOS(=O)OCCCl. The van der Waals surface area contributed by atoms with E-state index in [0.717, 1.165) is 18.9 Å². The Hall–Kier alpha value is 0.320. The predicted molar refractivity (Wildman–Crippen MR) is 84.1 cm³/mol.